The Kier molecular flexibility index (Phi) is 6.13. The molecule has 0 spiro atoms. The van der Waals surface area contributed by atoms with E-state index in [1.165, 1.54) is 24.3 Å². The quantitative estimate of drug-likeness (QED) is 0.642. The summed E-state index contributed by atoms with van der Waals surface area (Å²) in [6.07, 6.45) is 0. The van der Waals surface area contributed by atoms with E-state index in [0.29, 0.717) is 0 Å². The fraction of sp³-hybridized carbons (Fsp3) is 0.294. The molecule has 0 aliphatic rings. The maximum Gasteiger partial charge on any atom is 0.216 e. The zero-order valence-electron chi connectivity index (χ0n) is 14.7. The highest BCUT2D eigenvalue weighted by atomic mass is 32.2. The zero-order chi connectivity index (χ0) is 19.6. The van der Waals surface area contributed by atoms with Crippen LogP contribution in [-0.2, 0) is 28.8 Å². The summed E-state index contributed by atoms with van der Waals surface area (Å²) >= 11 is 0. The van der Waals surface area contributed by atoms with E-state index in [0.717, 1.165) is 17.8 Å². The van der Waals surface area contributed by atoms with E-state index >= 15 is 0 Å². The van der Waals surface area contributed by atoms with Gasteiger partial charge in [-0.3, -0.25) is 4.57 Å². The maximum atomic E-state index is 12.5. The summed E-state index contributed by atoms with van der Waals surface area (Å²) in [6, 6.07) is 12.3. The van der Waals surface area contributed by atoms with Crippen LogP contribution in [-0.4, -0.2) is 34.9 Å². The lowest BCUT2D eigenvalue weighted by Gasteiger charge is -2.15. The number of sulfone groups is 2. The predicted octanol–water partition coefficient (Wildman–Crippen LogP) is 3.39. The van der Waals surface area contributed by atoms with Gasteiger partial charge in [-0.05, 0) is 38.1 Å². The van der Waals surface area contributed by atoms with Crippen LogP contribution >= 0.6 is 7.37 Å². The van der Waals surface area contributed by atoms with Crippen LogP contribution in [0.25, 0.3) is 0 Å². The molecule has 0 bridgehead atoms. The lowest BCUT2D eigenvalue weighted by Crippen LogP contribution is -2.13. The summed E-state index contributed by atoms with van der Waals surface area (Å²) in [4.78, 5) is 0.0552. The van der Waals surface area contributed by atoms with Gasteiger partial charge in [0.15, 0.2) is 15.8 Å². The second kappa shape index (κ2) is 7.64. The van der Waals surface area contributed by atoms with Gasteiger partial charge in [0.05, 0.1) is 9.79 Å². The molecule has 1 unspecified atom stereocenters. The van der Waals surface area contributed by atoms with E-state index in [9.17, 15) is 21.4 Å². The molecule has 142 valence electrons. The van der Waals surface area contributed by atoms with Crippen molar-refractivity contribution in [2.75, 3.05) is 18.1 Å². The third-order valence-electron chi connectivity index (χ3n) is 3.65. The van der Waals surface area contributed by atoms with Crippen LogP contribution < -0.4 is 0 Å². The monoisotopic (exact) mass is 416 g/mol. The van der Waals surface area contributed by atoms with Gasteiger partial charge < -0.3 is 4.52 Å². The molecule has 0 heterocycles. The molecule has 2 aromatic carbocycles. The Morgan fingerprint density at radius 3 is 1.58 bits per heavy atom. The number of benzene rings is 2. The van der Waals surface area contributed by atoms with Crippen LogP contribution in [0.2, 0.25) is 0 Å². The maximum absolute atomic E-state index is 12.5. The van der Waals surface area contributed by atoms with E-state index in [1.54, 1.807) is 24.3 Å². The van der Waals surface area contributed by atoms with Crippen LogP contribution in [0.15, 0.2) is 58.3 Å². The molecule has 0 amide bonds. The fourth-order valence-electron chi connectivity index (χ4n) is 2.16. The third-order valence-corrected chi connectivity index (χ3v) is 10.1. The Labute approximate surface area is 154 Å². The van der Waals surface area contributed by atoms with Crippen molar-refractivity contribution in [3.05, 3.63) is 59.7 Å². The van der Waals surface area contributed by atoms with Gasteiger partial charge >= 0.3 is 0 Å². The third kappa shape index (κ3) is 5.51. The molecule has 9 heteroatoms. The summed E-state index contributed by atoms with van der Waals surface area (Å²) in [5.41, 5.74) is 1.03. The summed E-state index contributed by atoms with van der Waals surface area (Å²) in [5.74, 6) is -0.840. The van der Waals surface area contributed by atoms with Crippen molar-refractivity contribution in [2.45, 2.75) is 23.6 Å². The largest absolute Gasteiger partial charge is 0.311 e. The average molecular weight is 416 g/mol. The number of hydrogen-bond donors (Lipinski definition) is 0. The van der Waals surface area contributed by atoms with Gasteiger partial charge in [-0.15, -0.1) is 0 Å². The molecule has 1 atom stereocenters. The van der Waals surface area contributed by atoms with Crippen LogP contribution in [0.5, 0.6) is 0 Å². The van der Waals surface area contributed by atoms with Gasteiger partial charge in [0.25, 0.3) is 0 Å². The van der Waals surface area contributed by atoms with E-state index < -0.39 is 38.5 Å². The van der Waals surface area contributed by atoms with Crippen molar-refractivity contribution < 1.29 is 25.9 Å². The first kappa shape index (κ1) is 20.8. The normalized spacial score (nSPS) is 14.7. The second-order valence-corrected chi connectivity index (χ2v) is 13.2. The van der Waals surface area contributed by atoms with Crippen molar-refractivity contribution >= 4 is 27.0 Å². The molecule has 0 fully saturated rings. The first-order valence-corrected chi connectivity index (χ1v) is 13.3. The van der Waals surface area contributed by atoms with Crippen LogP contribution in [0.4, 0.5) is 0 Å². The summed E-state index contributed by atoms with van der Waals surface area (Å²) in [7, 11) is -11.4. The van der Waals surface area contributed by atoms with E-state index in [2.05, 4.69) is 0 Å². The number of aryl methyl sites for hydroxylation is 2. The molecule has 26 heavy (non-hydrogen) atoms. The summed E-state index contributed by atoms with van der Waals surface area (Å²) in [5, 5.41) is 0. The zero-order valence-corrected chi connectivity index (χ0v) is 17.3. The average Bonchev–Trinajstić information content (AvgIpc) is 2.53. The smallest absolute Gasteiger partial charge is 0.216 e. The van der Waals surface area contributed by atoms with Crippen molar-refractivity contribution in [1.82, 2.24) is 0 Å². The van der Waals surface area contributed by atoms with Crippen LogP contribution in [0, 0.1) is 13.8 Å². The van der Waals surface area contributed by atoms with Crippen molar-refractivity contribution in [1.29, 1.82) is 0 Å². The topological polar surface area (TPSA) is 94.6 Å². The molecule has 0 saturated heterocycles. The van der Waals surface area contributed by atoms with Crippen LogP contribution in [0.3, 0.4) is 0 Å². The van der Waals surface area contributed by atoms with E-state index in [-0.39, 0.29) is 9.79 Å². The van der Waals surface area contributed by atoms with E-state index in [4.69, 9.17) is 4.52 Å². The highest BCUT2D eigenvalue weighted by Gasteiger charge is 2.29. The molecular formula is C17H21O6PS2. The molecule has 0 aromatic heterocycles. The lowest BCUT2D eigenvalue weighted by molar-refractivity contribution is 0.371. The molecule has 0 aliphatic heterocycles. The SMILES string of the molecule is Cc1ccc(S(=O)(=O)COP(C)(=O)CS(=O)(=O)c2ccc(C)cc2)cc1. The van der Waals surface area contributed by atoms with Crippen molar-refractivity contribution in [3.63, 3.8) is 0 Å². The Bertz CT molecular complexity index is 1020. The Morgan fingerprint density at radius 2 is 1.15 bits per heavy atom. The van der Waals surface area contributed by atoms with E-state index in [1.807, 2.05) is 13.8 Å². The van der Waals surface area contributed by atoms with Gasteiger partial charge in [-0.1, -0.05) is 35.4 Å². The molecule has 6 nitrogen and oxygen atoms in total. The number of hydrogen-bond acceptors (Lipinski definition) is 6. The van der Waals surface area contributed by atoms with Gasteiger partial charge in [0.2, 0.25) is 17.2 Å². The summed E-state index contributed by atoms with van der Waals surface area (Å²) < 4.78 is 66.9. The van der Waals surface area contributed by atoms with Crippen LogP contribution in [0.1, 0.15) is 11.1 Å². The molecule has 0 N–H and O–H groups in total. The van der Waals surface area contributed by atoms with Gasteiger partial charge in [-0.25, -0.2) is 16.8 Å². The Hall–Kier alpha value is -1.47. The molecular weight excluding hydrogens is 395 g/mol. The Morgan fingerprint density at radius 1 is 0.769 bits per heavy atom. The Balaban J connectivity index is 2.12. The van der Waals surface area contributed by atoms with Crippen molar-refractivity contribution in [3.8, 4) is 0 Å². The first-order valence-electron chi connectivity index (χ1n) is 7.71. The minimum Gasteiger partial charge on any atom is -0.311 e. The standard InChI is InChI=1S/C17H21O6PS2/c1-14-4-8-16(9-5-14)25(19,20)12-23-24(3,18)13-26(21,22)17-10-6-15(2)7-11-17/h4-11H,12-13H2,1-3H3. The number of rotatable bonds is 7. The molecule has 0 radical (unpaired) electrons. The predicted molar refractivity (Wildman–Crippen MR) is 101 cm³/mol. The fourth-order valence-corrected chi connectivity index (χ4v) is 8.21. The molecule has 0 saturated carbocycles. The summed E-state index contributed by atoms with van der Waals surface area (Å²) in [6.45, 7) is 4.77. The first-order chi connectivity index (χ1) is 11.9. The van der Waals surface area contributed by atoms with Crippen molar-refractivity contribution in [2.24, 2.45) is 0 Å². The lowest BCUT2D eigenvalue weighted by atomic mass is 10.2. The molecule has 2 rings (SSSR count). The van der Waals surface area contributed by atoms with Gasteiger partial charge in [-0.2, -0.15) is 0 Å². The minimum atomic E-state index is -3.86. The van der Waals surface area contributed by atoms with Gasteiger partial charge in [0, 0.05) is 6.66 Å². The molecule has 2 aromatic rings. The minimum absolute atomic E-state index is 0.0233. The van der Waals surface area contributed by atoms with Gasteiger partial charge in [0.1, 0.15) is 5.49 Å². The highest BCUT2D eigenvalue weighted by molar-refractivity contribution is 7.98. The highest BCUT2D eigenvalue weighted by Crippen LogP contribution is 2.45. The molecule has 0 aliphatic carbocycles. The second-order valence-electron chi connectivity index (χ2n) is 6.25.